The van der Waals surface area contributed by atoms with Gasteiger partial charge in [0.15, 0.2) is 0 Å². The molecular weight excluding hydrogens is 354 g/mol. The second-order valence-electron chi connectivity index (χ2n) is 6.11. The minimum atomic E-state index is -1.06. The van der Waals surface area contributed by atoms with E-state index < -0.39 is 23.8 Å². The average Bonchev–Trinajstić information content (AvgIpc) is 3.20. The smallest absolute Gasteiger partial charge is 0.341 e. The number of hydrogen-bond acceptors (Lipinski definition) is 5. The molecule has 1 heterocycles. The van der Waals surface area contributed by atoms with Gasteiger partial charge in [-0.1, -0.05) is 30.3 Å². The summed E-state index contributed by atoms with van der Waals surface area (Å²) in [5.74, 6) is -2.92. The van der Waals surface area contributed by atoms with Crippen LogP contribution in [0.2, 0.25) is 0 Å². The van der Waals surface area contributed by atoms with E-state index >= 15 is 0 Å². The van der Waals surface area contributed by atoms with Gasteiger partial charge in [-0.15, -0.1) is 11.3 Å². The molecule has 0 spiro atoms. The first-order chi connectivity index (χ1) is 12.5. The molecule has 0 aliphatic heterocycles. The highest BCUT2D eigenvalue weighted by molar-refractivity contribution is 7.17. The lowest BCUT2D eigenvalue weighted by Crippen LogP contribution is -2.21. The van der Waals surface area contributed by atoms with E-state index in [1.807, 2.05) is 0 Å². The number of benzene rings is 1. The molecular formula is C19H19NO5S. The lowest BCUT2D eigenvalue weighted by Gasteiger charge is -2.13. The summed E-state index contributed by atoms with van der Waals surface area (Å²) in [4.78, 5) is 37.3. The van der Waals surface area contributed by atoms with E-state index in [1.165, 1.54) is 18.4 Å². The van der Waals surface area contributed by atoms with E-state index in [1.54, 1.807) is 30.3 Å². The van der Waals surface area contributed by atoms with Crippen molar-refractivity contribution >= 4 is 34.2 Å². The fourth-order valence-corrected chi connectivity index (χ4v) is 4.50. The first-order valence-electron chi connectivity index (χ1n) is 8.31. The Hall–Kier alpha value is -2.67. The SMILES string of the molecule is COC(=O)c1c(NC(=O)CC(C(=O)O)c2ccccc2)sc2c1CCC2. The van der Waals surface area contributed by atoms with Crippen molar-refractivity contribution in [1.29, 1.82) is 0 Å². The van der Waals surface area contributed by atoms with E-state index in [0.717, 1.165) is 29.7 Å². The molecule has 0 fully saturated rings. The number of thiophene rings is 1. The van der Waals surface area contributed by atoms with Gasteiger partial charge in [0, 0.05) is 11.3 Å². The zero-order valence-corrected chi connectivity index (χ0v) is 15.1. The van der Waals surface area contributed by atoms with Gasteiger partial charge < -0.3 is 15.2 Å². The van der Waals surface area contributed by atoms with Gasteiger partial charge in [-0.3, -0.25) is 9.59 Å². The van der Waals surface area contributed by atoms with Crippen LogP contribution < -0.4 is 5.32 Å². The highest BCUT2D eigenvalue weighted by Crippen LogP contribution is 2.39. The van der Waals surface area contributed by atoms with E-state index in [-0.39, 0.29) is 6.42 Å². The molecule has 136 valence electrons. The number of amides is 1. The molecule has 0 bridgehead atoms. The van der Waals surface area contributed by atoms with Gasteiger partial charge in [0.05, 0.1) is 18.6 Å². The maximum atomic E-state index is 12.5. The van der Waals surface area contributed by atoms with Crippen molar-refractivity contribution in [3.05, 3.63) is 51.9 Å². The average molecular weight is 373 g/mol. The van der Waals surface area contributed by atoms with Crippen LogP contribution in [-0.4, -0.2) is 30.1 Å². The Bertz CT molecular complexity index is 843. The highest BCUT2D eigenvalue weighted by atomic mass is 32.1. The molecule has 0 saturated heterocycles. The Labute approximate surface area is 154 Å². The Kier molecular flexibility index (Phi) is 5.37. The van der Waals surface area contributed by atoms with Crippen LogP contribution in [0.1, 0.15) is 45.1 Å². The molecule has 1 aromatic carbocycles. The number of carboxylic acid groups (broad SMARTS) is 1. The minimum Gasteiger partial charge on any atom is -0.481 e. The Morgan fingerprint density at radius 3 is 2.62 bits per heavy atom. The summed E-state index contributed by atoms with van der Waals surface area (Å²) in [6, 6.07) is 8.64. The summed E-state index contributed by atoms with van der Waals surface area (Å²) >= 11 is 1.37. The quantitative estimate of drug-likeness (QED) is 0.759. The fraction of sp³-hybridized carbons (Fsp3) is 0.316. The first-order valence-corrected chi connectivity index (χ1v) is 9.13. The lowest BCUT2D eigenvalue weighted by atomic mass is 9.95. The third-order valence-electron chi connectivity index (χ3n) is 4.45. The van der Waals surface area contributed by atoms with E-state index in [0.29, 0.717) is 16.1 Å². The van der Waals surface area contributed by atoms with Crippen molar-refractivity contribution in [3.8, 4) is 0 Å². The number of nitrogens with one attached hydrogen (secondary N) is 1. The molecule has 0 saturated carbocycles. The van der Waals surface area contributed by atoms with Crippen molar-refractivity contribution in [3.63, 3.8) is 0 Å². The van der Waals surface area contributed by atoms with Crippen molar-refractivity contribution in [2.75, 3.05) is 12.4 Å². The van der Waals surface area contributed by atoms with E-state index in [9.17, 15) is 19.5 Å². The maximum absolute atomic E-state index is 12.5. The number of esters is 1. The maximum Gasteiger partial charge on any atom is 0.341 e. The molecule has 2 N–H and O–H groups in total. The van der Waals surface area contributed by atoms with Crippen LogP contribution in [0.3, 0.4) is 0 Å². The molecule has 1 atom stereocenters. The summed E-state index contributed by atoms with van der Waals surface area (Å²) in [6.45, 7) is 0. The van der Waals surface area contributed by atoms with Crippen molar-refractivity contribution < 1.29 is 24.2 Å². The standard InChI is InChI=1S/C19H19NO5S/c1-25-19(24)16-12-8-5-9-14(12)26-17(16)20-15(21)10-13(18(22)23)11-6-3-2-4-7-11/h2-4,6-7,13H,5,8-10H2,1H3,(H,20,21)(H,22,23). The molecule has 1 aliphatic carbocycles. The van der Waals surface area contributed by atoms with Crippen LogP contribution in [0.15, 0.2) is 30.3 Å². The zero-order chi connectivity index (χ0) is 18.7. The van der Waals surface area contributed by atoms with Crippen LogP contribution in [0.4, 0.5) is 5.00 Å². The predicted octanol–water partition coefficient (Wildman–Crippen LogP) is 3.22. The van der Waals surface area contributed by atoms with Gasteiger partial charge in [0.2, 0.25) is 5.91 Å². The van der Waals surface area contributed by atoms with Gasteiger partial charge in [0.25, 0.3) is 0 Å². The molecule has 1 aliphatic rings. The van der Waals surface area contributed by atoms with Crippen LogP contribution in [0.25, 0.3) is 0 Å². The molecule has 2 aromatic rings. The molecule has 6 nitrogen and oxygen atoms in total. The van der Waals surface area contributed by atoms with Gasteiger partial charge in [-0.25, -0.2) is 4.79 Å². The largest absolute Gasteiger partial charge is 0.481 e. The van der Waals surface area contributed by atoms with Crippen LogP contribution >= 0.6 is 11.3 Å². The van der Waals surface area contributed by atoms with E-state index in [4.69, 9.17) is 4.74 Å². The summed E-state index contributed by atoms with van der Waals surface area (Å²) in [6.07, 6.45) is 2.44. The van der Waals surface area contributed by atoms with Crippen molar-refractivity contribution in [2.45, 2.75) is 31.6 Å². The van der Waals surface area contributed by atoms with Gasteiger partial charge in [0.1, 0.15) is 5.00 Å². The zero-order valence-electron chi connectivity index (χ0n) is 14.3. The number of hydrogen-bond donors (Lipinski definition) is 2. The lowest BCUT2D eigenvalue weighted by molar-refractivity contribution is -0.140. The monoisotopic (exact) mass is 373 g/mol. The summed E-state index contributed by atoms with van der Waals surface area (Å²) in [5, 5.41) is 12.6. The first kappa shape index (κ1) is 18.1. The Morgan fingerprint density at radius 1 is 1.23 bits per heavy atom. The normalized spacial score (nSPS) is 13.7. The number of methoxy groups -OCH3 is 1. The number of anilines is 1. The third kappa shape index (κ3) is 3.62. The second kappa shape index (κ2) is 7.70. The van der Waals surface area contributed by atoms with Gasteiger partial charge in [-0.05, 0) is 30.4 Å². The van der Waals surface area contributed by atoms with Gasteiger partial charge >= 0.3 is 11.9 Å². The van der Waals surface area contributed by atoms with E-state index in [2.05, 4.69) is 5.32 Å². The number of carbonyl (C=O) groups excluding carboxylic acids is 2. The molecule has 26 heavy (non-hydrogen) atoms. The number of carboxylic acids is 1. The molecule has 3 rings (SSSR count). The number of ether oxygens (including phenoxy) is 1. The van der Waals surface area contributed by atoms with Crippen LogP contribution in [0.5, 0.6) is 0 Å². The summed E-state index contributed by atoms with van der Waals surface area (Å²) < 4.78 is 4.85. The summed E-state index contributed by atoms with van der Waals surface area (Å²) in [7, 11) is 1.31. The minimum absolute atomic E-state index is 0.206. The number of aryl methyl sites for hydroxylation is 1. The van der Waals surface area contributed by atoms with Crippen molar-refractivity contribution in [1.82, 2.24) is 0 Å². The molecule has 7 heteroatoms. The van der Waals surface area contributed by atoms with Crippen LogP contribution in [-0.2, 0) is 27.2 Å². The highest BCUT2D eigenvalue weighted by Gasteiger charge is 2.29. The molecule has 1 unspecified atom stereocenters. The number of rotatable bonds is 6. The molecule has 1 amide bonds. The van der Waals surface area contributed by atoms with Gasteiger partial charge in [-0.2, -0.15) is 0 Å². The number of carbonyl (C=O) groups is 3. The number of aliphatic carboxylic acids is 1. The fourth-order valence-electron chi connectivity index (χ4n) is 3.21. The Balaban J connectivity index is 1.80. The molecule has 0 radical (unpaired) electrons. The second-order valence-corrected chi connectivity index (χ2v) is 7.21. The Morgan fingerprint density at radius 2 is 1.96 bits per heavy atom. The van der Waals surface area contributed by atoms with Crippen molar-refractivity contribution in [2.24, 2.45) is 0 Å². The third-order valence-corrected chi connectivity index (χ3v) is 5.66. The topological polar surface area (TPSA) is 92.7 Å². The summed E-state index contributed by atoms with van der Waals surface area (Å²) in [5.41, 5.74) is 1.91. The molecule has 1 aromatic heterocycles. The van der Waals surface area contributed by atoms with Crippen LogP contribution in [0, 0.1) is 0 Å². The predicted molar refractivity (Wildman–Crippen MR) is 97.7 cm³/mol. The number of fused-ring (bicyclic) bond motifs is 1.